The summed E-state index contributed by atoms with van der Waals surface area (Å²) in [5, 5.41) is 6.24. The van der Waals surface area contributed by atoms with Crippen molar-refractivity contribution in [2.45, 2.75) is 43.4 Å². The Balaban J connectivity index is 1.44. The summed E-state index contributed by atoms with van der Waals surface area (Å²) < 4.78 is 32.2. The number of aryl methyl sites for hydroxylation is 1. The van der Waals surface area contributed by atoms with Crippen molar-refractivity contribution in [2.75, 3.05) is 18.5 Å². The molecule has 1 saturated heterocycles. The first-order valence-electron chi connectivity index (χ1n) is 12.5. The Morgan fingerprint density at radius 1 is 1.18 bits per heavy atom. The van der Waals surface area contributed by atoms with E-state index in [0.717, 1.165) is 12.8 Å². The second kappa shape index (κ2) is 10.8. The molecule has 1 aromatic heterocycles. The summed E-state index contributed by atoms with van der Waals surface area (Å²) in [5.74, 6) is -0.974. The SMILES string of the molecule is Cc1[nH]c(/C=C2\C(=O)Nc3ccc(S(=O)(=O)Cc4c(Cl)cccc4Cl)cc32)c(C)c1C(=O)NCC1CCCO1. The Morgan fingerprint density at radius 3 is 2.62 bits per heavy atom. The van der Waals surface area contributed by atoms with Crippen molar-refractivity contribution in [1.29, 1.82) is 0 Å². The zero-order chi connectivity index (χ0) is 27.9. The van der Waals surface area contributed by atoms with Gasteiger partial charge in [-0.15, -0.1) is 0 Å². The molecule has 0 aliphatic carbocycles. The van der Waals surface area contributed by atoms with Crippen molar-refractivity contribution in [3.8, 4) is 0 Å². The molecule has 0 spiro atoms. The van der Waals surface area contributed by atoms with Crippen LogP contribution in [0.2, 0.25) is 10.0 Å². The Bertz CT molecular complexity index is 1600. The van der Waals surface area contributed by atoms with Crippen molar-refractivity contribution in [3.05, 3.63) is 80.1 Å². The van der Waals surface area contributed by atoms with Gasteiger partial charge in [0.05, 0.1) is 27.9 Å². The largest absolute Gasteiger partial charge is 0.376 e. The van der Waals surface area contributed by atoms with Crippen LogP contribution in [0.25, 0.3) is 11.6 Å². The highest BCUT2D eigenvalue weighted by Gasteiger charge is 2.29. The van der Waals surface area contributed by atoms with E-state index in [-0.39, 0.29) is 44.2 Å². The van der Waals surface area contributed by atoms with E-state index in [0.29, 0.717) is 52.5 Å². The molecule has 204 valence electrons. The standard InChI is InChI=1S/C28H27Cl2N3O5S/c1-15-25(32-16(2)26(15)28(35)31-13-17-5-4-10-38-17)12-20-19-11-18(8-9-24(19)33-27(20)34)39(36,37)14-21-22(29)6-3-7-23(21)30/h3,6-9,11-12,17,32H,4-5,10,13-14H2,1-2H3,(H,31,35)(H,33,34)/b20-12-. The number of hydrogen-bond donors (Lipinski definition) is 3. The molecule has 2 aliphatic heterocycles. The number of halogens is 2. The van der Waals surface area contributed by atoms with Crippen molar-refractivity contribution < 1.29 is 22.7 Å². The van der Waals surface area contributed by atoms with E-state index in [1.807, 2.05) is 0 Å². The van der Waals surface area contributed by atoms with Crippen LogP contribution in [0, 0.1) is 13.8 Å². The van der Waals surface area contributed by atoms with Gasteiger partial charge in [0.2, 0.25) is 0 Å². The Morgan fingerprint density at radius 2 is 1.92 bits per heavy atom. The topological polar surface area (TPSA) is 117 Å². The summed E-state index contributed by atoms with van der Waals surface area (Å²) in [6.45, 7) is 4.74. The zero-order valence-electron chi connectivity index (χ0n) is 21.4. The van der Waals surface area contributed by atoms with Crippen LogP contribution in [0.15, 0.2) is 41.3 Å². The number of fused-ring (bicyclic) bond motifs is 1. The fourth-order valence-electron chi connectivity index (χ4n) is 4.95. The molecule has 0 radical (unpaired) electrons. The van der Waals surface area contributed by atoms with E-state index in [2.05, 4.69) is 15.6 Å². The van der Waals surface area contributed by atoms with Gasteiger partial charge in [-0.25, -0.2) is 8.42 Å². The molecule has 39 heavy (non-hydrogen) atoms. The van der Waals surface area contributed by atoms with Gasteiger partial charge in [0.1, 0.15) is 0 Å². The number of carbonyl (C=O) groups is 2. The van der Waals surface area contributed by atoms with Gasteiger partial charge in [0.25, 0.3) is 11.8 Å². The number of H-pyrrole nitrogens is 1. The summed E-state index contributed by atoms with van der Waals surface area (Å²) in [7, 11) is -3.84. The van der Waals surface area contributed by atoms with Gasteiger partial charge in [-0.1, -0.05) is 29.3 Å². The second-order valence-corrected chi connectivity index (χ2v) is 12.5. The maximum Gasteiger partial charge on any atom is 0.256 e. The second-order valence-electron chi connectivity index (χ2n) is 9.69. The molecule has 3 N–H and O–H groups in total. The number of nitrogens with one attached hydrogen (secondary N) is 3. The molecule has 2 aromatic carbocycles. The van der Waals surface area contributed by atoms with E-state index in [4.69, 9.17) is 27.9 Å². The van der Waals surface area contributed by atoms with Crippen LogP contribution < -0.4 is 10.6 Å². The summed E-state index contributed by atoms with van der Waals surface area (Å²) in [4.78, 5) is 29.1. The van der Waals surface area contributed by atoms with Gasteiger partial charge in [-0.2, -0.15) is 0 Å². The van der Waals surface area contributed by atoms with Gasteiger partial charge in [0, 0.05) is 51.4 Å². The van der Waals surface area contributed by atoms with Crippen molar-refractivity contribution in [3.63, 3.8) is 0 Å². The van der Waals surface area contributed by atoms with E-state index in [1.54, 1.807) is 44.2 Å². The van der Waals surface area contributed by atoms with Crippen LogP contribution in [-0.2, 0) is 25.1 Å². The van der Waals surface area contributed by atoms with Crippen LogP contribution in [0.1, 0.15) is 51.3 Å². The lowest BCUT2D eigenvalue weighted by molar-refractivity contribution is -0.110. The third-order valence-corrected chi connectivity index (χ3v) is 9.38. The molecule has 1 unspecified atom stereocenters. The number of ether oxygens (including phenoxy) is 1. The first-order valence-corrected chi connectivity index (χ1v) is 14.9. The average molecular weight is 589 g/mol. The first kappa shape index (κ1) is 27.5. The minimum atomic E-state index is -3.84. The first-order chi connectivity index (χ1) is 18.5. The maximum atomic E-state index is 13.3. The summed E-state index contributed by atoms with van der Waals surface area (Å²) in [6.07, 6.45) is 3.57. The predicted molar refractivity (Wildman–Crippen MR) is 152 cm³/mol. The molecule has 11 heteroatoms. The maximum absolute atomic E-state index is 13.3. The predicted octanol–water partition coefficient (Wildman–Crippen LogP) is 5.31. The number of anilines is 1. The lowest BCUT2D eigenvalue weighted by atomic mass is 10.0. The Hall–Kier alpha value is -3.11. The minimum Gasteiger partial charge on any atom is -0.376 e. The molecule has 0 saturated carbocycles. The lowest BCUT2D eigenvalue weighted by Crippen LogP contribution is -2.32. The molecular formula is C28H27Cl2N3O5S. The van der Waals surface area contributed by atoms with E-state index >= 15 is 0 Å². The molecular weight excluding hydrogens is 561 g/mol. The van der Waals surface area contributed by atoms with E-state index in [9.17, 15) is 18.0 Å². The summed E-state index contributed by atoms with van der Waals surface area (Å²) in [6, 6.07) is 9.30. The third kappa shape index (κ3) is 5.49. The molecule has 3 aromatic rings. The van der Waals surface area contributed by atoms with Crippen LogP contribution in [0.5, 0.6) is 0 Å². The van der Waals surface area contributed by atoms with Crippen LogP contribution in [0.3, 0.4) is 0 Å². The Labute approximate surface area is 236 Å². The monoisotopic (exact) mass is 587 g/mol. The van der Waals surface area contributed by atoms with Crippen LogP contribution >= 0.6 is 23.2 Å². The molecule has 5 rings (SSSR count). The lowest BCUT2D eigenvalue weighted by Gasteiger charge is -2.11. The molecule has 2 amide bonds. The van der Waals surface area contributed by atoms with E-state index < -0.39 is 9.84 Å². The van der Waals surface area contributed by atoms with E-state index in [1.165, 1.54) is 12.1 Å². The highest BCUT2D eigenvalue weighted by molar-refractivity contribution is 7.90. The number of benzene rings is 2. The molecule has 1 atom stereocenters. The number of aromatic amines is 1. The number of aromatic nitrogens is 1. The van der Waals surface area contributed by atoms with Gasteiger partial charge in [0.15, 0.2) is 9.84 Å². The number of sulfone groups is 1. The third-order valence-electron chi connectivity index (χ3n) is 7.04. The van der Waals surface area contributed by atoms with Crippen LogP contribution in [-0.4, -0.2) is 44.5 Å². The quantitative estimate of drug-likeness (QED) is 0.324. The highest BCUT2D eigenvalue weighted by Crippen LogP contribution is 2.37. The van der Waals surface area contributed by atoms with Gasteiger partial charge in [-0.05, 0) is 68.7 Å². The highest BCUT2D eigenvalue weighted by atomic mass is 35.5. The molecule has 1 fully saturated rings. The van der Waals surface area contributed by atoms with Crippen molar-refractivity contribution in [1.82, 2.24) is 10.3 Å². The normalized spacial score (nSPS) is 17.9. The fraction of sp³-hybridized carbons (Fsp3) is 0.286. The summed E-state index contributed by atoms with van der Waals surface area (Å²) >= 11 is 12.4. The molecule has 8 nitrogen and oxygen atoms in total. The minimum absolute atomic E-state index is 0.0215. The number of carbonyl (C=O) groups excluding carboxylic acids is 2. The smallest absolute Gasteiger partial charge is 0.256 e. The molecule has 0 bridgehead atoms. The number of hydrogen-bond acceptors (Lipinski definition) is 5. The average Bonchev–Trinajstić information content (AvgIpc) is 3.58. The van der Waals surface area contributed by atoms with Gasteiger partial charge in [-0.3, -0.25) is 9.59 Å². The molecule has 2 aliphatic rings. The van der Waals surface area contributed by atoms with Crippen molar-refractivity contribution in [2.24, 2.45) is 0 Å². The zero-order valence-corrected chi connectivity index (χ0v) is 23.7. The van der Waals surface area contributed by atoms with Gasteiger partial charge < -0.3 is 20.4 Å². The number of amides is 2. The van der Waals surface area contributed by atoms with Gasteiger partial charge >= 0.3 is 0 Å². The van der Waals surface area contributed by atoms with Crippen molar-refractivity contribution >= 4 is 62.2 Å². The van der Waals surface area contributed by atoms with Crippen LogP contribution in [0.4, 0.5) is 5.69 Å². The summed E-state index contributed by atoms with van der Waals surface area (Å²) in [5.41, 5.74) is 3.98. The Kier molecular flexibility index (Phi) is 7.61. The molecule has 3 heterocycles. The fourth-order valence-corrected chi connectivity index (χ4v) is 7.07. The number of rotatable bonds is 7.